The van der Waals surface area contributed by atoms with Crippen molar-refractivity contribution in [2.24, 2.45) is 0 Å². The Morgan fingerprint density at radius 2 is 1.41 bits per heavy atom. The van der Waals surface area contributed by atoms with Crippen LogP contribution in [0.5, 0.6) is 0 Å². The molecule has 0 fully saturated rings. The number of aromatic amines is 1. The van der Waals surface area contributed by atoms with E-state index in [2.05, 4.69) is 4.98 Å². The molecular weight excluding hydrogens is 367 g/mol. The first kappa shape index (κ1) is 17.4. The Morgan fingerprint density at radius 1 is 0.793 bits per heavy atom. The van der Waals surface area contributed by atoms with Crippen molar-refractivity contribution < 1.29 is 14.0 Å². The molecular formula is C24H17FN2O2. The zero-order valence-electron chi connectivity index (χ0n) is 15.5. The van der Waals surface area contributed by atoms with Crippen molar-refractivity contribution in [3.8, 4) is 11.3 Å². The second-order valence-corrected chi connectivity index (χ2v) is 7.09. The number of hydrogen-bond donors (Lipinski definition) is 1. The molecule has 0 aliphatic carbocycles. The van der Waals surface area contributed by atoms with Crippen molar-refractivity contribution in [1.82, 2.24) is 9.88 Å². The number of halogens is 1. The summed E-state index contributed by atoms with van der Waals surface area (Å²) in [5, 5.41) is 1.03. The third-order valence-corrected chi connectivity index (χ3v) is 5.41. The second kappa shape index (κ2) is 6.71. The van der Waals surface area contributed by atoms with Gasteiger partial charge in [0.1, 0.15) is 5.82 Å². The first-order valence-corrected chi connectivity index (χ1v) is 9.44. The molecule has 2 heterocycles. The minimum Gasteiger partial charge on any atom is -0.354 e. The van der Waals surface area contributed by atoms with Gasteiger partial charge in [0, 0.05) is 23.1 Å². The summed E-state index contributed by atoms with van der Waals surface area (Å²) in [6.07, 6.45) is 0.502. The van der Waals surface area contributed by atoms with Crippen LogP contribution >= 0.6 is 0 Å². The summed E-state index contributed by atoms with van der Waals surface area (Å²) in [6.45, 7) is 0.280. The molecule has 0 unspecified atom stereocenters. The molecule has 1 aromatic heterocycles. The zero-order valence-corrected chi connectivity index (χ0v) is 15.5. The third kappa shape index (κ3) is 2.83. The van der Waals surface area contributed by atoms with Gasteiger partial charge in [0.15, 0.2) is 0 Å². The Hall–Kier alpha value is -3.73. The van der Waals surface area contributed by atoms with Gasteiger partial charge < -0.3 is 4.98 Å². The van der Waals surface area contributed by atoms with Crippen LogP contribution in [-0.4, -0.2) is 28.2 Å². The standard InChI is InChI=1S/C24H17FN2O2/c25-16-11-9-15(10-12-16)22-18(17-5-3-4-8-21(17)26-22)13-14-27-23(28)19-6-1-2-7-20(19)24(27)29/h1-12,26H,13-14H2. The Morgan fingerprint density at radius 3 is 2.10 bits per heavy atom. The van der Waals surface area contributed by atoms with Gasteiger partial charge >= 0.3 is 0 Å². The van der Waals surface area contributed by atoms with Crippen LogP contribution in [0.25, 0.3) is 22.2 Å². The zero-order chi connectivity index (χ0) is 20.0. The summed E-state index contributed by atoms with van der Waals surface area (Å²) >= 11 is 0. The van der Waals surface area contributed by atoms with Crippen LogP contribution < -0.4 is 0 Å². The number of nitrogens with one attached hydrogen (secondary N) is 1. The molecule has 142 valence electrons. The van der Waals surface area contributed by atoms with Crippen LogP contribution in [0.2, 0.25) is 0 Å². The van der Waals surface area contributed by atoms with Gasteiger partial charge in [-0.3, -0.25) is 14.5 Å². The monoisotopic (exact) mass is 384 g/mol. The first-order chi connectivity index (χ1) is 14.1. The molecule has 29 heavy (non-hydrogen) atoms. The van der Waals surface area contributed by atoms with E-state index >= 15 is 0 Å². The lowest BCUT2D eigenvalue weighted by molar-refractivity contribution is 0.0656. The van der Waals surface area contributed by atoms with Crippen molar-refractivity contribution >= 4 is 22.7 Å². The summed E-state index contributed by atoms with van der Waals surface area (Å²) < 4.78 is 13.4. The highest BCUT2D eigenvalue weighted by Crippen LogP contribution is 2.32. The molecule has 0 spiro atoms. The third-order valence-electron chi connectivity index (χ3n) is 5.41. The number of carbonyl (C=O) groups excluding carboxylic acids is 2. The number of H-pyrrole nitrogens is 1. The van der Waals surface area contributed by atoms with Crippen molar-refractivity contribution in [1.29, 1.82) is 0 Å². The number of aromatic nitrogens is 1. The predicted octanol–water partition coefficient (Wildman–Crippen LogP) is 4.81. The van der Waals surface area contributed by atoms with Crippen molar-refractivity contribution in [2.75, 3.05) is 6.54 Å². The van der Waals surface area contributed by atoms with Crippen LogP contribution in [0.4, 0.5) is 4.39 Å². The highest BCUT2D eigenvalue weighted by Gasteiger charge is 2.34. The van der Waals surface area contributed by atoms with E-state index in [1.807, 2.05) is 24.3 Å². The molecule has 0 saturated heterocycles. The number of hydrogen-bond acceptors (Lipinski definition) is 2. The topological polar surface area (TPSA) is 53.2 Å². The molecule has 0 bridgehead atoms. The Kier molecular flexibility index (Phi) is 4.02. The van der Waals surface area contributed by atoms with E-state index in [1.165, 1.54) is 17.0 Å². The maximum absolute atomic E-state index is 13.4. The fraction of sp³-hybridized carbons (Fsp3) is 0.0833. The van der Waals surface area contributed by atoms with Gasteiger partial charge in [0.2, 0.25) is 0 Å². The fourth-order valence-electron chi connectivity index (χ4n) is 3.99. The van der Waals surface area contributed by atoms with E-state index < -0.39 is 0 Å². The van der Waals surface area contributed by atoms with E-state index in [1.54, 1.807) is 36.4 Å². The van der Waals surface area contributed by atoms with E-state index in [0.29, 0.717) is 17.5 Å². The number of imide groups is 1. The van der Waals surface area contributed by atoms with Gasteiger partial charge in [-0.1, -0.05) is 30.3 Å². The lowest BCUT2D eigenvalue weighted by Gasteiger charge is -2.14. The molecule has 2 amide bonds. The maximum atomic E-state index is 13.4. The van der Waals surface area contributed by atoms with Gasteiger partial charge in [0.25, 0.3) is 11.8 Å². The highest BCUT2D eigenvalue weighted by atomic mass is 19.1. The molecule has 0 saturated carbocycles. The van der Waals surface area contributed by atoms with Crippen LogP contribution in [0.15, 0.2) is 72.8 Å². The molecule has 0 radical (unpaired) electrons. The van der Waals surface area contributed by atoms with Gasteiger partial charge in [-0.15, -0.1) is 0 Å². The van der Waals surface area contributed by atoms with Crippen LogP contribution in [0.1, 0.15) is 26.3 Å². The molecule has 3 aromatic carbocycles. The number of amides is 2. The molecule has 4 nitrogen and oxygen atoms in total. The number of benzene rings is 3. The number of rotatable bonds is 4. The fourth-order valence-corrected chi connectivity index (χ4v) is 3.99. The lowest BCUT2D eigenvalue weighted by Crippen LogP contribution is -2.31. The summed E-state index contributed by atoms with van der Waals surface area (Å²) in [6, 6.07) is 21.1. The molecule has 4 aromatic rings. The van der Waals surface area contributed by atoms with Gasteiger partial charge in [0.05, 0.1) is 11.1 Å². The number of carbonyl (C=O) groups is 2. The van der Waals surface area contributed by atoms with Crippen LogP contribution in [0, 0.1) is 5.82 Å². The average molecular weight is 384 g/mol. The smallest absolute Gasteiger partial charge is 0.261 e. The molecule has 1 aliphatic heterocycles. The van der Waals surface area contributed by atoms with E-state index in [9.17, 15) is 14.0 Å². The lowest BCUT2D eigenvalue weighted by atomic mass is 10.0. The first-order valence-electron chi connectivity index (χ1n) is 9.44. The largest absolute Gasteiger partial charge is 0.354 e. The average Bonchev–Trinajstić information content (AvgIpc) is 3.23. The normalized spacial score (nSPS) is 13.3. The molecule has 0 atom stereocenters. The second-order valence-electron chi connectivity index (χ2n) is 7.09. The van der Waals surface area contributed by atoms with Crippen molar-refractivity contribution in [2.45, 2.75) is 6.42 Å². The van der Waals surface area contributed by atoms with E-state index in [-0.39, 0.29) is 24.2 Å². The number of para-hydroxylation sites is 1. The number of nitrogens with zero attached hydrogens (tertiary/aromatic N) is 1. The van der Waals surface area contributed by atoms with E-state index in [0.717, 1.165) is 27.7 Å². The summed E-state index contributed by atoms with van der Waals surface area (Å²) in [4.78, 5) is 30.1. The number of fused-ring (bicyclic) bond motifs is 2. The quantitative estimate of drug-likeness (QED) is 0.513. The molecule has 5 rings (SSSR count). The Labute approximate surface area is 166 Å². The molecule has 5 heteroatoms. The van der Waals surface area contributed by atoms with Gasteiger partial charge in [-0.2, -0.15) is 0 Å². The Balaban J connectivity index is 1.51. The van der Waals surface area contributed by atoms with Crippen molar-refractivity contribution in [3.63, 3.8) is 0 Å². The minimum absolute atomic E-state index is 0.256. The Bertz CT molecular complexity index is 1220. The van der Waals surface area contributed by atoms with Crippen LogP contribution in [0.3, 0.4) is 0 Å². The summed E-state index contributed by atoms with van der Waals surface area (Å²) in [5.41, 5.74) is 4.61. The summed E-state index contributed by atoms with van der Waals surface area (Å²) in [7, 11) is 0. The SMILES string of the molecule is O=C1c2ccccc2C(=O)N1CCc1c(-c2ccc(F)cc2)[nH]c2ccccc12. The molecule has 1 aliphatic rings. The van der Waals surface area contributed by atoms with Gasteiger partial charge in [-0.25, -0.2) is 4.39 Å². The highest BCUT2D eigenvalue weighted by molar-refractivity contribution is 6.21. The van der Waals surface area contributed by atoms with Crippen LogP contribution in [-0.2, 0) is 6.42 Å². The van der Waals surface area contributed by atoms with Crippen molar-refractivity contribution in [3.05, 3.63) is 95.3 Å². The maximum Gasteiger partial charge on any atom is 0.261 e. The minimum atomic E-state index is -0.294. The van der Waals surface area contributed by atoms with Gasteiger partial charge in [-0.05, 0) is 60.0 Å². The predicted molar refractivity (Wildman–Crippen MR) is 109 cm³/mol. The molecule has 1 N–H and O–H groups in total. The van der Waals surface area contributed by atoms with E-state index in [4.69, 9.17) is 0 Å². The summed E-state index contributed by atoms with van der Waals surface area (Å²) in [5.74, 6) is -0.806.